The Balaban J connectivity index is 1.58. The van der Waals surface area contributed by atoms with Gasteiger partial charge < -0.3 is 4.74 Å². The smallest absolute Gasteiger partial charge is 0.200 e. The Kier molecular flexibility index (Phi) is 6.99. The molecule has 1 nitrogen and oxygen atoms in total. The molecule has 0 aromatic heterocycles. The molecule has 1 saturated carbocycles. The highest BCUT2D eigenvalue weighted by Gasteiger charge is 2.27. The highest BCUT2D eigenvalue weighted by Crippen LogP contribution is 2.40. The van der Waals surface area contributed by atoms with Gasteiger partial charge in [-0.25, -0.2) is 13.2 Å². The van der Waals surface area contributed by atoms with E-state index in [9.17, 15) is 17.6 Å². The van der Waals surface area contributed by atoms with Crippen LogP contribution in [0, 0.1) is 29.2 Å². The summed E-state index contributed by atoms with van der Waals surface area (Å²) < 4.78 is 61.7. The second kappa shape index (κ2) is 9.47. The van der Waals surface area contributed by atoms with Gasteiger partial charge in [0.05, 0.1) is 6.61 Å². The summed E-state index contributed by atoms with van der Waals surface area (Å²) in [4.78, 5) is 0. The molecule has 0 spiro atoms. The number of aryl methyl sites for hydroxylation is 1. The lowest BCUT2D eigenvalue weighted by Crippen LogP contribution is -2.16. The van der Waals surface area contributed by atoms with Crippen LogP contribution in [0.5, 0.6) is 5.75 Å². The summed E-state index contributed by atoms with van der Waals surface area (Å²) in [5, 5.41) is 0. The van der Waals surface area contributed by atoms with Crippen molar-refractivity contribution in [1.29, 1.82) is 0 Å². The predicted octanol–water partition coefficient (Wildman–Crippen LogP) is 7.19. The lowest BCUT2D eigenvalue weighted by atomic mass is 9.76. The van der Waals surface area contributed by atoms with Crippen molar-refractivity contribution in [2.24, 2.45) is 5.92 Å². The van der Waals surface area contributed by atoms with Crippen LogP contribution in [0.3, 0.4) is 0 Å². The van der Waals surface area contributed by atoms with Crippen molar-refractivity contribution in [3.05, 3.63) is 70.8 Å². The topological polar surface area (TPSA) is 9.23 Å². The number of hydrogen-bond donors (Lipinski definition) is 0. The molecule has 1 fully saturated rings. The first-order chi connectivity index (χ1) is 14.0. The molecule has 2 aromatic carbocycles. The van der Waals surface area contributed by atoms with Crippen molar-refractivity contribution >= 4 is 6.08 Å². The SMILES string of the molecule is C=Cc1ccc(CCC2CCC(c3ccc(OCC)c(F)c3F)CC2)c(F)c1F. The van der Waals surface area contributed by atoms with E-state index in [1.54, 1.807) is 25.1 Å². The van der Waals surface area contributed by atoms with Gasteiger partial charge in [0.1, 0.15) is 0 Å². The Bertz CT molecular complexity index is 870. The van der Waals surface area contributed by atoms with Gasteiger partial charge in [-0.2, -0.15) is 4.39 Å². The fourth-order valence-electron chi connectivity index (χ4n) is 4.21. The molecule has 0 aliphatic heterocycles. The van der Waals surface area contributed by atoms with Crippen molar-refractivity contribution < 1.29 is 22.3 Å². The van der Waals surface area contributed by atoms with Gasteiger partial charge in [0.15, 0.2) is 23.2 Å². The first kappa shape index (κ1) is 21.4. The number of ether oxygens (including phenoxy) is 1. The van der Waals surface area contributed by atoms with E-state index >= 15 is 0 Å². The first-order valence-corrected chi connectivity index (χ1v) is 10.2. The minimum Gasteiger partial charge on any atom is -0.491 e. The molecule has 0 N–H and O–H groups in total. The van der Waals surface area contributed by atoms with Crippen LogP contribution in [-0.4, -0.2) is 6.61 Å². The molecule has 0 unspecified atom stereocenters. The molecule has 5 heteroatoms. The second-order valence-electron chi connectivity index (χ2n) is 7.62. The fourth-order valence-corrected chi connectivity index (χ4v) is 4.21. The highest BCUT2D eigenvalue weighted by atomic mass is 19.2. The minimum absolute atomic E-state index is 0.0301. The van der Waals surface area contributed by atoms with Gasteiger partial charge >= 0.3 is 0 Å². The summed E-state index contributed by atoms with van der Waals surface area (Å²) >= 11 is 0. The van der Waals surface area contributed by atoms with E-state index in [0.717, 1.165) is 32.1 Å². The quantitative estimate of drug-likeness (QED) is 0.442. The van der Waals surface area contributed by atoms with Crippen molar-refractivity contribution in [2.45, 2.75) is 51.4 Å². The van der Waals surface area contributed by atoms with Crippen LogP contribution >= 0.6 is 0 Å². The molecule has 0 amide bonds. The van der Waals surface area contributed by atoms with Crippen LogP contribution in [0.1, 0.15) is 61.6 Å². The van der Waals surface area contributed by atoms with E-state index in [1.165, 1.54) is 12.1 Å². The molecular formula is C24H26F4O. The molecule has 1 aliphatic rings. The van der Waals surface area contributed by atoms with Gasteiger partial charge in [0.2, 0.25) is 5.82 Å². The summed E-state index contributed by atoms with van der Waals surface area (Å²) in [5.41, 5.74) is 0.934. The van der Waals surface area contributed by atoms with Crippen molar-refractivity contribution in [2.75, 3.05) is 6.61 Å². The van der Waals surface area contributed by atoms with E-state index in [2.05, 4.69) is 6.58 Å². The molecule has 156 valence electrons. The Hall–Kier alpha value is -2.30. The van der Waals surface area contributed by atoms with E-state index in [-0.39, 0.29) is 23.8 Å². The lowest BCUT2D eigenvalue weighted by molar-refractivity contribution is 0.296. The van der Waals surface area contributed by atoms with Crippen LogP contribution in [0.2, 0.25) is 0 Å². The molecule has 0 heterocycles. The van der Waals surface area contributed by atoms with Crippen LogP contribution in [0.15, 0.2) is 30.8 Å². The molecule has 0 radical (unpaired) electrons. The highest BCUT2D eigenvalue weighted by molar-refractivity contribution is 5.48. The van der Waals surface area contributed by atoms with Crippen molar-refractivity contribution in [3.8, 4) is 5.75 Å². The molecule has 3 rings (SSSR count). The second-order valence-corrected chi connectivity index (χ2v) is 7.62. The van der Waals surface area contributed by atoms with Gasteiger partial charge in [0.25, 0.3) is 0 Å². The third-order valence-corrected chi connectivity index (χ3v) is 5.90. The Labute approximate surface area is 169 Å². The summed E-state index contributed by atoms with van der Waals surface area (Å²) in [7, 11) is 0. The Morgan fingerprint density at radius 2 is 1.66 bits per heavy atom. The Morgan fingerprint density at radius 3 is 2.31 bits per heavy atom. The van der Waals surface area contributed by atoms with Crippen LogP contribution in [0.4, 0.5) is 17.6 Å². The zero-order valence-electron chi connectivity index (χ0n) is 16.6. The van der Waals surface area contributed by atoms with Crippen molar-refractivity contribution in [1.82, 2.24) is 0 Å². The van der Waals surface area contributed by atoms with Crippen LogP contribution in [0.25, 0.3) is 6.08 Å². The number of rotatable bonds is 7. The molecule has 0 saturated heterocycles. The third kappa shape index (κ3) is 4.65. The standard InChI is InChI=1S/C24H26F4O/c1-3-16-11-12-18(22(26)21(16)25)10-7-15-5-8-17(9-6-15)19-13-14-20(29-4-2)24(28)23(19)27/h3,11-15,17H,1,4-10H2,2H3. The molecule has 1 aliphatic carbocycles. The average Bonchev–Trinajstić information content (AvgIpc) is 2.73. The van der Waals surface area contributed by atoms with E-state index < -0.39 is 23.3 Å². The molecule has 2 aromatic rings. The molecular weight excluding hydrogens is 380 g/mol. The minimum atomic E-state index is -0.924. The number of benzene rings is 2. The van der Waals surface area contributed by atoms with Gasteiger partial charge in [-0.05, 0) is 74.5 Å². The monoisotopic (exact) mass is 406 g/mol. The molecule has 0 atom stereocenters. The lowest BCUT2D eigenvalue weighted by Gasteiger charge is -2.29. The fraction of sp³-hybridized carbons (Fsp3) is 0.417. The first-order valence-electron chi connectivity index (χ1n) is 10.2. The van der Waals surface area contributed by atoms with Gasteiger partial charge in [-0.3, -0.25) is 0 Å². The van der Waals surface area contributed by atoms with Crippen molar-refractivity contribution in [3.63, 3.8) is 0 Å². The normalized spacial score (nSPS) is 19.2. The van der Waals surface area contributed by atoms with Gasteiger partial charge in [-0.1, -0.05) is 30.9 Å². The summed E-state index contributed by atoms with van der Waals surface area (Å²) in [5.74, 6) is -3.12. The maximum absolute atomic E-state index is 14.4. The molecule has 0 bridgehead atoms. The van der Waals surface area contributed by atoms with E-state index in [0.29, 0.717) is 23.5 Å². The van der Waals surface area contributed by atoms with Crippen LogP contribution in [-0.2, 0) is 6.42 Å². The number of hydrogen-bond acceptors (Lipinski definition) is 1. The van der Waals surface area contributed by atoms with Gasteiger partial charge in [-0.15, -0.1) is 0 Å². The summed E-state index contributed by atoms with van der Waals surface area (Å²) in [6, 6.07) is 6.27. The maximum Gasteiger partial charge on any atom is 0.200 e. The van der Waals surface area contributed by atoms with E-state index in [1.807, 2.05) is 0 Å². The van der Waals surface area contributed by atoms with Crippen LogP contribution < -0.4 is 4.74 Å². The largest absolute Gasteiger partial charge is 0.491 e. The zero-order chi connectivity index (χ0) is 21.0. The van der Waals surface area contributed by atoms with Gasteiger partial charge in [0, 0.05) is 5.56 Å². The predicted molar refractivity (Wildman–Crippen MR) is 107 cm³/mol. The third-order valence-electron chi connectivity index (χ3n) is 5.90. The van der Waals surface area contributed by atoms with E-state index in [4.69, 9.17) is 4.74 Å². The number of halogens is 4. The summed E-state index contributed by atoms with van der Waals surface area (Å²) in [6.07, 6.45) is 5.72. The average molecular weight is 406 g/mol. The maximum atomic E-state index is 14.4. The zero-order valence-corrected chi connectivity index (χ0v) is 16.6. The molecule has 29 heavy (non-hydrogen) atoms. The Morgan fingerprint density at radius 1 is 0.931 bits per heavy atom. The summed E-state index contributed by atoms with van der Waals surface area (Å²) in [6.45, 7) is 5.48.